The van der Waals surface area contributed by atoms with E-state index in [4.69, 9.17) is 24.4 Å². The van der Waals surface area contributed by atoms with Gasteiger partial charge in [-0.3, -0.25) is 15.4 Å². The molecule has 9 heteroatoms. The average Bonchev–Trinajstić information content (AvgIpc) is 3.13. The van der Waals surface area contributed by atoms with Crippen LogP contribution in [0, 0.1) is 29.6 Å². The van der Waals surface area contributed by atoms with Gasteiger partial charge in [-0.2, -0.15) is 5.26 Å². The van der Waals surface area contributed by atoms with Crippen LogP contribution >= 0.6 is 0 Å². The van der Waals surface area contributed by atoms with Gasteiger partial charge in [0.25, 0.3) is 0 Å². The Balaban J connectivity index is 1.56. The first kappa shape index (κ1) is 20.2. The molecule has 3 heterocycles. The molecule has 2 aliphatic rings. The third kappa shape index (κ3) is 3.84. The zero-order valence-electron chi connectivity index (χ0n) is 17.1. The number of H-pyrrole nitrogens is 1. The third-order valence-electron chi connectivity index (χ3n) is 5.55. The molecular formula is C21H25N5O4. The number of morpholine rings is 1. The van der Waals surface area contributed by atoms with Crippen molar-refractivity contribution in [1.82, 2.24) is 15.1 Å². The molecule has 1 aromatic carbocycles. The Morgan fingerprint density at radius 2 is 2.13 bits per heavy atom. The van der Waals surface area contributed by atoms with E-state index in [0.29, 0.717) is 24.0 Å². The Bertz CT molecular complexity index is 961. The van der Waals surface area contributed by atoms with Crippen LogP contribution in [0.4, 0.5) is 0 Å². The van der Waals surface area contributed by atoms with E-state index in [0.717, 1.165) is 49.7 Å². The maximum atomic E-state index is 9.70. The Hall–Kier alpha value is -3.09. The van der Waals surface area contributed by atoms with Crippen molar-refractivity contribution in [2.24, 2.45) is 5.92 Å². The lowest BCUT2D eigenvalue weighted by Gasteiger charge is -2.28. The first-order valence-electron chi connectivity index (χ1n) is 9.94. The molecule has 4 rings (SSSR count). The standard InChI is InChI=1S/C21H25N5O4/c1-13-18-19(15(12-22)20(23)30-21(18)25-24-13)14-3-4-16(17(11-14)27-2)29-10-7-26-5-8-28-9-6-26/h3-4,11,15,19,23H,5-10H2,1-2H3,(H,24,25). The number of methoxy groups -OCH3 is 1. The number of fused-ring (bicyclic) bond motifs is 1. The van der Waals surface area contributed by atoms with Gasteiger partial charge in [-0.05, 0) is 24.6 Å². The van der Waals surface area contributed by atoms with Crippen LogP contribution in [0.5, 0.6) is 17.4 Å². The minimum atomic E-state index is -0.744. The summed E-state index contributed by atoms with van der Waals surface area (Å²) in [4.78, 5) is 2.30. The Labute approximate surface area is 175 Å². The Morgan fingerprint density at radius 3 is 2.87 bits per heavy atom. The highest BCUT2D eigenvalue weighted by Gasteiger charge is 2.40. The molecule has 1 saturated heterocycles. The van der Waals surface area contributed by atoms with E-state index in [-0.39, 0.29) is 11.8 Å². The zero-order chi connectivity index (χ0) is 21.1. The summed E-state index contributed by atoms with van der Waals surface area (Å²) in [7, 11) is 1.59. The number of aromatic nitrogens is 2. The summed E-state index contributed by atoms with van der Waals surface area (Å²) in [6, 6.07) is 7.84. The maximum absolute atomic E-state index is 9.70. The van der Waals surface area contributed by atoms with Crippen molar-refractivity contribution < 1.29 is 18.9 Å². The fraction of sp³-hybridized carbons (Fsp3) is 0.476. The van der Waals surface area contributed by atoms with Gasteiger partial charge >= 0.3 is 0 Å². The summed E-state index contributed by atoms with van der Waals surface area (Å²) in [5.74, 6) is 0.360. The van der Waals surface area contributed by atoms with Gasteiger partial charge < -0.3 is 18.9 Å². The number of ether oxygens (including phenoxy) is 4. The van der Waals surface area contributed by atoms with Crippen molar-refractivity contribution in [3.05, 3.63) is 35.0 Å². The quantitative estimate of drug-likeness (QED) is 0.747. The number of nitriles is 1. The van der Waals surface area contributed by atoms with E-state index in [1.54, 1.807) is 7.11 Å². The minimum absolute atomic E-state index is 0.105. The van der Waals surface area contributed by atoms with Crippen LogP contribution in [0.1, 0.15) is 22.7 Å². The number of nitrogens with zero attached hydrogens (tertiary/aromatic N) is 3. The van der Waals surface area contributed by atoms with E-state index in [9.17, 15) is 5.26 Å². The molecule has 0 saturated carbocycles. The lowest BCUT2D eigenvalue weighted by atomic mass is 9.79. The second kappa shape index (κ2) is 8.73. The predicted octanol–water partition coefficient (Wildman–Crippen LogP) is 2.08. The number of aromatic amines is 1. The van der Waals surface area contributed by atoms with Crippen LogP contribution in [0.15, 0.2) is 18.2 Å². The van der Waals surface area contributed by atoms with Crippen molar-refractivity contribution in [3.8, 4) is 23.4 Å². The largest absolute Gasteiger partial charge is 0.493 e. The van der Waals surface area contributed by atoms with Crippen molar-refractivity contribution in [1.29, 1.82) is 10.7 Å². The van der Waals surface area contributed by atoms with Gasteiger partial charge in [-0.1, -0.05) is 6.07 Å². The van der Waals surface area contributed by atoms with Crippen molar-refractivity contribution in [2.45, 2.75) is 12.8 Å². The van der Waals surface area contributed by atoms with Gasteiger partial charge in [0.05, 0.1) is 26.4 Å². The highest BCUT2D eigenvalue weighted by Crippen LogP contribution is 2.44. The van der Waals surface area contributed by atoms with Gasteiger partial charge in [-0.15, -0.1) is 5.10 Å². The molecule has 9 nitrogen and oxygen atoms in total. The van der Waals surface area contributed by atoms with Gasteiger partial charge in [-0.25, -0.2) is 0 Å². The summed E-state index contributed by atoms with van der Waals surface area (Å²) in [5, 5.41) is 24.8. The normalized spacial score (nSPS) is 21.4. The van der Waals surface area contributed by atoms with E-state index < -0.39 is 5.92 Å². The van der Waals surface area contributed by atoms with E-state index in [2.05, 4.69) is 21.2 Å². The summed E-state index contributed by atoms with van der Waals surface area (Å²) in [5.41, 5.74) is 2.45. The molecular weight excluding hydrogens is 386 g/mol. The maximum Gasteiger partial charge on any atom is 0.243 e. The monoisotopic (exact) mass is 411 g/mol. The fourth-order valence-electron chi connectivity index (χ4n) is 3.94. The first-order chi connectivity index (χ1) is 14.6. The van der Waals surface area contributed by atoms with Gasteiger partial charge in [0.2, 0.25) is 11.8 Å². The van der Waals surface area contributed by atoms with Crippen molar-refractivity contribution in [2.75, 3.05) is 46.6 Å². The smallest absolute Gasteiger partial charge is 0.243 e. The molecule has 2 aromatic rings. The number of hydrogen-bond acceptors (Lipinski definition) is 8. The van der Waals surface area contributed by atoms with Crippen LogP contribution in [0.2, 0.25) is 0 Å². The van der Waals surface area contributed by atoms with Crippen molar-refractivity contribution >= 4 is 5.90 Å². The molecule has 2 atom stereocenters. The number of nitrogens with one attached hydrogen (secondary N) is 2. The molecule has 158 valence electrons. The molecule has 0 bridgehead atoms. The van der Waals surface area contributed by atoms with Gasteiger partial charge in [0, 0.05) is 36.8 Å². The second-order valence-corrected chi connectivity index (χ2v) is 7.33. The summed E-state index contributed by atoms with van der Waals surface area (Å²) in [6.45, 7) is 6.59. The zero-order valence-corrected chi connectivity index (χ0v) is 17.1. The van der Waals surface area contributed by atoms with Gasteiger partial charge in [0.1, 0.15) is 12.5 Å². The number of hydrogen-bond donors (Lipinski definition) is 2. The third-order valence-corrected chi connectivity index (χ3v) is 5.55. The van der Waals surface area contributed by atoms with Crippen LogP contribution in [0.3, 0.4) is 0 Å². The lowest BCUT2D eigenvalue weighted by Crippen LogP contribution is -2.38. The van der Waals surface area contributed by atoms with Crippen LogP contribution in [-0.2, 0) is 4.74 Å². The molecule has 0 amide bonds. The molecule has 0 radical (unpaired) electrons. The molecule has 30 heavy (non-hydrogen) atoms. The molecule has 0 spiro atoms. The van der Waals surface area contributed by atoms with E-state index in [1.165, 1.54) is 0 Å². The van der Waals surface area contributed by atoms with Gasteiger partial charge in [0.15, 0.2) is 11.5 Å². The number of aryl methyl sites for hydroxylation is 1. The highest BCUT2D eigenvalue weighted by molar-refractivity contribution is 5.84. The molecule has 2 aliphatic heterocycles. The highest BCUT2D eigenvalue weighted by atomic mass is 16.5. The van der Waals surface area contributed by atoms with E-state index in [1.807, 2.05) is 25.1 Å². The topological polar surface area (TPSA) is 116 Å². The van der Waals surface area contributed by atoms with Crippen LogP contribution in [-0.4, -0.2) is 67.6 Å². The molecule has 1 aromatic heterocycles. The fourth-order valence-corrected chi connectivity index (χ4v) is 3.94. The minimum Gasteiger partial charge on any atom is -0.493 e. The Kier molecular flexibility index (Phi) is 5.88. The Morgan fingerprint density at radius 1 is 1.33 bits per heavy atom. The second-order valence-electron chi connectivity index (χ2n) is 7.33. The summed E-state index contributed by atoms with van der Waals surface area (Å²) >= 11 is 0. The van der Waals surface area contributed by atoms with E-state index >= 15 is 0 Å². The van der Waals surface area contributed by atoms with Crippen LogP contribution in [0.25, 0.3) is 0 Å². The first-order valence-corrected chi connectivity index (χ1v) is 9.94. The number of benzene rings is 1. The molecule has 2 unspecified atom stereocenters. The van der Waals surface area contributed by atoms with Crippen molar-refractivity contribution in [3.63, 3.8) is 0 Å². The summed E-state index contributed by atoms with van der Waals surface area (Å²) < 4.78 is 22.3. The molecule has 2 N–H and O–H groups in total. The SMILES string of the molecule is COc1cc(C2c3c(n[nH]c3C)OC(=N)C2C#N)ccc1OCCN1CCOCC1. The number of rotatable bonds is 6. The summed E-state index contributed by atoms with van der Waals surface area (Å²) in [6.07, 6.45) is 0. The average molecular weight is 411 g/mol. The predicted molar refractivity (Wildman–Crippen MR) is 108 cm³/mol. The molecule has 1 fully saturated rings. The van der Waals surface area contributed by atoms with Crippen LogP contribution < -0.4 is 14.2 Å². The molecule has 0 aliphatic carbocycles. The lowest BCUT2D eigenvalue weighted by molar-refractivity contribution is 0.0321.